The summed E-state index contributed by atoms with van der Waals surface area (Å²) in [6.07, 6.45) is 0. The minimum absolute atomic E-state index is 0. The second-order valence-corrected chi connectivity index (χ2v) is 2.58. The summed E-state index contributed by atoms with van der Waals surface area (Å²) in [4.78, 5) is 0. The summed E-state index contributed by atoms with van der Waals surface area (Å²) in [5, 5.41) is 20.8. The molecule has 0 atom stereocenters. The van der Waals surface area contributed by atoms with Crippen molar-refractivity contribution in [3.8, 4) is 0 Å². The Morgan fingerprint density at radius 2 is 1.05 bits per heavy atom. The van der Waals surface area contributed by atoms with Gasteiger partial charge >= 0.3 is 0 Å². The molecule has 0 fully saturated rings. The van der Waals surface area contributed by atoms with Crippen LogP contribution in [0.3, 0.4) is 0 Å². The molecule has 0 saturated heterocycles. The zero-order chi connectivity index (χ0) is 13.4. The van der Waals surface area contributed by atoms with Gasteiger partial charge in [0.1, 0.15) is 0 Å². The highest BCUT2D eigenvalue weighted by molar-refractivity contribution is 5.85. The van der Waals surface area contributed by atoms with Gasteiger partial charge < -0.3 is 23.2 Å². The van der Waals surface area contributed by atoms with Crippen LogP contribution >= 0.6 is 24.8 Å². The molecule has 14 nitrogen and oxygen atoms in total. The van der Waals surface area contributed by atoms with Gasteiger partial charge in [0, 0.05) is 0 Å². The Morgan fingerprint density at radius 3 is 1.30 bits per heavy atom. The number of nitrogens with zero attached hydrogens (tertiary/aromatic N) is 6. The molecule has 0 aliphatic heterocycles. The number of hydrogen-bond acceptors (Lipinski definition) is 10. The van der Waals surface area contributed by atoms with E-state index in [-0.39, 0.29) is 48.6 Å². The second-order valence-electron chi connectivity index (χ2n) is 2.58. The topological polar surface area (TPSA) is 228 Å². The normalized spacial score (nSPS) is 10.6. The van der Waals surface area contributed by atoms with Gasteiger partial charge in [-0.05, 0) is 0 Å². The number of hydrogen-bond donors (Lipinski definition) is 8. The number of aromatic nitrogens is 4. The van der Waals surface area contributed by atoms with Gasteiger partial charge in [0.2, 0.25) is 11.9 Å². The molecular weight excluding hydrogens is 315 g/mol. The van der Waals surface area contributed by atoms with Crippen LogP contribution in [0.25, 0.3) is 0 Å². The van der Waals surface area contributed by atoms with Crippen molar-refractivity contribution in [2.45, 2.75) is 0 Å². The van der Waals surface area contributed by atoms with Crippen LogP contribution in [0.5, 0.6) is 0 Å². The fourth-order valence-corrected chi connectivity index (χ4v) is 0.634. The molecule has 20 heavy (non-hydrogen) atoms. The molecule has 16 heteroatoms. The van der Waals surface area contributed by atoms with Crippen LogP contribution in [0.15, 0.2) is 10.2 Å². The third-order valence-corrected chi connectivity index (χ3v) is 1.36. The highest BCUT2D eigenvalue weighted by Gasteiger charge is 2.00. The lowest BCUT2D eigenvalue weighted by atomic mass is 11.0. The summed E-state index contributed by atoms with van der Waals surface area (Å²) in [6.45, 7) is 0. The molecule has 12 N–H and O–H groups in total. The zero-order valence-electron chi connectivity index (χ0n) is 9.81. The maximum Gasteiger partial charge on any atom is 0.280 e. The van der Waals surface area contributed by atoms with Gasteiger partial charge in [0.15, 0.2) is 0 Å². The predicted octanol–water partition coefficient (Wildman–Crippen LogP) is -3.68. The van der Waals surface area contributed by atoms with Crippen molar-refractivity contribution in [2.75, 3.05) is 10.9 Å². The van der Waals surface area contributed by atoms with E-state index in [1.54, 1.807) is 0 Å². The van der Waals surface area contributed by atoms with Crippen molar-refractivity contribution in [1.29, 1.82) is 0 Å². The first-order valence-electron chi connectivity index (χ1n) is 4.34. The van der Waals surface area contributed by atoms with Crippen molar-refractivity contribution in [1.82, 2.24) is 31.2 Å². The number of hydrazine groups is 2. The molecule has 0 bridgehead atoms. The summed E-state index contributed by atoms with van der Waals surface area (Å²) in [5.41, 5.74) is 20.1. The molecule has 0 saturated carbocycles. The maximum absolute atomic E-state index is 5.24. The molecule has 1 aromatic heterocycles. The van der Waals surface area contributed by atoms with Crippen LogP contribution in [-0.2, 0) is 0 Å². The van der Waals surface area contributed by atoms with Crippen LogP contribution in [0.2, 0.25) is 0 Å². The number of nitrogens with one attached hydrogen (secondary N) is 4. The Labute approximate surface area is 125 Å². The largest absolute Gasteiger partial charge is 0.367 e. The standard InChI is InChI=1S/C4H12N14.2ClH/c5-1(9-7)11-13-3-15-17-4(18-16-3)14-12-2(6)10-8;;/h7-8H2,(H3,5,9,11)(H3,6,10,12)(H,13,15,16)(H,14,17,18);2*1H. The molecule has 1 aromatic rings. The predicted molar refractivity (Wildman–Crippen MR) is 77.3 cm³/mol. The lowest BCUT2D eigenvalue weighted by molar-refractivity contribution is 0.829. The number of anilines is 2. The van der Waals surface area contributed by atoms with E-state index in [9.17, 15) is 0 Å². The van der Waals surface area contributed by atoms with Gasteiger partial charge in [0.05, 0.1) is 0 Å². The Balaban J connectivity index is 0. The first-order chi connectivity index (χ1) is 8.65. The molecule has 0 radical (unpaired) electrons. The quantitative estimate of drug-likeness (QED) is 0.115. The van der Waals surface area contributed by atoms with E-state index in [0.29, 0.717) is 0 Å². The maximum atomic E-state index is 5.24. The monoisotopic (exact) mass is 328 g/mol. The average Bonchev–Trinajstić information content (AvgIpc) is 2.43. The van der Waals surface area contributed by atoms with Crippen LogP contribution in [0.4, 0.5) is 11.9 Å². The minimum atomic E-state index is -0.0607. The smallest absolute Gasteiger partial charge is 0.280 e. The summed E-state index contributed by atoms with van der Waals surface area (Å²) < 4.78 is 0. The first-order valence-corrected chi connectivity index (χ1v) is 4.34. The van der Waals surface area contributed by atoms with Crippen molar-refractivity contribution in [3.05, 3.63) is 0 Å². The summed E-state index contributed by atoms with van der Waals surface area (Å²) in [5.74, 6) is 9.73. The van der Waals surface area contributed by atoms with Crippen molar-refractivity contribution >= 4 is 48.6 Å². The van der Waals surface area contributed by atoms with E-state index in [0.717, 1.165) is 0 Å². The molecule has 0 unspecified atom stereocenters. The SMILES string of the molecule is Cl.Cl.NN=C(N)NNc1nnc(NNC(N)=NN)nn1. The fourth-order valence-electron chi connectivity index (χ4n) is 0.634. The Bertz CT molecular complexity index is 386. The van der Waals surface area contributed by atoms with Crippen molar-refractivity contribution in [3.63, 3.8) is 0 Å². The number of nitrogens with two attached hydrogens (primary N) is 4. The van der Waals surface area contributed by atoms with Crippen molar-refractivity contribution in [2.24, 2.45) is 33.4 Å². The minimum Gasteiger partial charge on any atom is -0.367 e. The number of guanidine groups is 2. The molecule has 0 aliphatic carbocycles. The van der Waals surface area contributed by atoms with E-state index >= 15 is 0 Å². The average molecular weight is 329 g/mol. The van der Waals surface area contributed by atoms with E-state index < -0.39 is 0 Å². The molecule has 0 aliphatic rings. The molecule has 0 aromatic carbocycles. The third-order valence-electron chi connectivity index (χ3n) is 1.36. The molecule has 114 valence electrons. The Morgan fingerprint density at radius 1 is 0.750 bits per heavy atom. The number of hydrazone groups is 2. The van der Waals surface area contributed by atoms with Gasteiger partial charge in [-0.3, -0.25) is 21.7 Å². The highest BCUT2D eigenvalue weighted by atomic mass is 35.5. The summed E-state index contributed by atoms with van der Waals surface area (Å²) in [6, 6.07) is 0. The van der Waals surface area contributed by atoms with Crippen LogP contribution < -0.4 is 44.9 Å². The third kappa shape index (κ3) is 6.87. The molecular formula is C4H14Cl2N14. The lowest BCUT2D eigenvalue weighted by Gasteiger charge is -2.06. The van der Waals surface area contributed by atoms with Crippen LogP contribution in [0, 0.1) is 0 Å². The van der Waals surface area contributed by atoms with E-state index in [1.165, 1.54) is 0 Å². The number of halogens is 2. The second kappa shape index (κ2) is 10.2. The van der Waals surface area contributed by atoms with Crippen LogP contribution in [-0.4, -0.2) is 32.3 Å². The summed E-state index contributed by atoms with van der Waals surface area (Å²) in [7, 11) is 0. The first kappa shape index (κ1) is 19.6. The van der Waals surface area contributed by atoms with E-state index in [4.69, 9.17) is 23.2 Å². The molecule has 1 rings (SSSR count). The molecule has 0 amide bonds. The highest BCUT2D eigenvalue weighted by Crippen LogP contribution is 1.92. The van der Waals surface area contributed by atoms with Crippen molar-refractivity contribution < 1.29 is 0 Å². The van der Waals surface area contributed by atoms with E-state index in [2.05, 4.69) is 52.3 Å². The Kier molecular flexibility index (Phi) is 10.0. The molecule has 1 heterocycles. The van der Waals surface area contributed by atoms with Gasteiger partial charge in [-0.15, -0.1) is 55.4 Å². The molecule has 0 spiro atoms. The zero-order valence-corrected chi connectivity index (χ0v) is 11.4. The number of rotatable bonds is 4. The van der Waals surface area contributed by atoms with Gasteiger partial charge in [0.25, 0.3) is 11.9 Å². The van der Waals surface area contributed by atoms with Crippen LogP contribution in [0.1, 0.15) is 0 Å². The fraction of sp³-hybridized carbons (Fsp3) is 0. The van der Waals surface area contributed by atoms with Gasteiger partial charge in [-0.1, -0.05) is 0 Å². The lowest BCUT2D eigenvalue weighted by Crippen LogP contribution is -2.38. The van der Waals surface area contributed by atoms with Gasteiger partial charge in [-0.2, -0.15) is 0 Å². The van der Waals surface area contributed by atoms with Gasteiger partial charge in [-0.25, -0.2) is 0 Å². The van der Waals surface area contributed by atoms with E-state index in [1.807, 2.05) is 0 Å². The Hall–Kier alpha value is -2.74. The summed E-state index contributed by atoms with van der Waals surface area (Å²) >= 11 is 0.